The fourth-order valence-electron chi connectivity index (χ4n) is 2.67. The van der Waals surface area contributed by atoms with Crippen LogP contribution < -0.4 is 5.32 Å². The van der Waals surface area contributed by atoms with Gasteiger partial charge in [-0.3, -0.25) is 0 Å². The monoisotopic (exact) mass is 271 g/mol. The molecule has 1 unspecified atom stereocenters. The number of rotatable bonds is 4. The first-order chi connectivity index (χ1) is 9.54. The van der Waals surface area contributed by atoms with Gasteiger partial charge in [-0.1, -0.05) is 43.3 Å². The molecule has 0 aliphatic rings. The Hall–Kier alpha value is -1.67. The minimum atomic E-state index is -0.103. The SMILES string of the molecule is CCNC(c1cc(C)c(F)c(C)c1)c1ccccc1C. The van der Waals surface area contributed by atoms with Crippen LogP contribution in [0.2, 0.25) is 0 Å². The molecule has 0 spiro atoms. The molecule has 1 atom stereocenters. The lowest BCUT2D eigenvalue weighted by Gasteiger charge is -2.22. The Morgan fingerprint density at radius 1 is 1.00 bits per heavy atom. The smallest absolute Gasteiger partial charge is 0.129 e. The third kappa shape index (κ3) is 2.91. The van der Waals surface area contributed by atoms with E-state index in [9.17, 15) is 4.39 Å². The number of hydrogen-bond donors (Lipinski definition) is 1. The van der Waals surface area contributed by atoms with E-state index < -0.39 is 0 Å². The van der Waals surface area contributed by atoms with Crippen molar-refractivity contribution in [2.45, 2.75) is 33.7 Å². The zero-order valence-electron chi connectivity index (χ0n) is 12.6. The van der Waals surface area contributed by atoms with Gasteiger partial charge >= 0.3 is 0 Å². The van der Waals surface area contributed by atoms with Gasteiger partial charge in [-0.05, 0) is 55.1 Å². The minimum absolute atomic E-state index is 0.103. The molecule has 2 heteroatoms. The topological polar surface area (TPSA) is 12.0 Å². The van der Waals surface area contributed by atoms with Gasteiger partial charge in [-0.15, -0.1) is 0 Å². The third-order valence-electron chi connectivity index (χ3n) is 3.70. The molecule has 2 aromatic carbocycles. The summed E-state index contributed by atoms with van der Waals surface area (Å²) in [6.07, 6.45) is 0. The summed E-state index contributed by atoms with van der Waals surface area (Å²) in [5.41, 5.74) is 5.03. The number of nitrogens with one attached hydrogen (secondary N) is 1. The van der Waals surface area contributed by atoms with E-state index in [-0.39, 0.29) is 11.9 Å². The van der Waals surface area contributed by atoms with Gasteiger partial charge in [-0.25, -0.2) is 4.39 Å². The zero-order chi connectivity index (χ0) is 14.7. The lowest BCUT2D eigenvalue weighted by atomic mass is 9.92. The largest absolute Gasteiger partial charge is 0.307 e. The van der Waals surface area contributed by atoms with Crippen LogP contribution >= 0.6 is 0 Å². The molecule has 2 aromatic rings. The van der Waals surface area contributed by atoms with Crippen LogP contribution in [0.1, 0.15) is 40.8 Å². The van der Waals surface area contributed by atoms with E-state index in [0.717, 1.165) is 12.1 Å². The van der Waals surface area contributed by atoms with Crippen molar-refractivity contribution in [3.63, 3.8) is 0 Å². The Morgan fingerprint density at radius 2 is 1.60 bits per heavy atom. The Balaban J connectivity index is 2.52. The molecule has 1 nitrogen and oxygen atoms in total. The van der Waals surface area contributed by atoms with E-state index in [0.29, 0.717) is 11.1 Å². The van der Waals surface area contributed by atoms with Crippen molar-refractivity contribution in [2.24, 2.45) is 0 Å². The lowest BCUT2D eigenvalue weighted by molar-refractivity contribution is 0.598. The molecule has 0 saturated heterocycles. The van der Waals surface area contributed by atoms with E-state index >= 15 is 0 Å². The Labute approximate surface area is 120 Å². The van der Waals surface area contributed by atoms with Crippen LogP contribution in [-0.4, -0.2) is 6.54 Å². The van der Waals surface area contributed by atoms with Gasteiger partial charge in [-0.2, -0.15) is 0 Å². The second-order valence-electron chi connectivity index (χ2n) is 5.32. The van der Waals surface area contributed by atoms with Gasteiger partial charge in [0.2, 0.25) is 0 Å². The van der Waals surface area contributed by atoms with Crippen molar-refractivity contribution in [3.8, 4) is 0 Å². The van der Waals surface area contributed by atoms with Crippen LogP contribution in [0.4, 0.5) is 4.39 Å². The van der Waals surface area contributed by atoms with Crippen molar-refractivity contribution in [1.82, 2.24) is 5.32 Å². The highest BCUT2D eigenvalue weighted by Crippen LogP contribution is 2.27. The normalized spacial score (nSPS) is 12.4. The van der Waals surface area contributed by atoms with E-state index in [2.05, 4.69) is 37.4 Å². The Bertz CT molecular complexity index is 581. The van der Waals surface area contributed by atoms with Crippen LogP contribution in [-0.2, 0) is 0 Å². The molecule has 0 radical (unpaired) electrons. The molecular formula is C18H22FN. The zero-order valence-corrected chi connectivity index (χ0v) is 12.6. The summed E-state index contributed by atoms with van der Waals surface area (Å²) in [5.74, 6) is -0.103. The maximum Gasteiger partial charge on any atom is 0.129 e. The molecule has 0 aromatic heterocycles. The van der Waals surface area contributed by atoms with Gasteiger partial charge < -0.3 is 5.32 Å². The predicted molar refractivity (Wildman–Crippen MR) is 82.6 cm³/mol. The van der Waals surface area contributed by atoms with E-state index in [1.54, 1.807) is 0 Å². The maximum absolute atomic E-state index is 13.8. The fraction of sp³-hybridized carbons (Fsp3) is 0.333. The van der Waals surface area contributed by atoms with Gasteiger partial charge in [0.1, 0.15) is 5.82 Å². The molecule has 0 heterocycles. The molecular weight excluding hydrogens is 249 g/mol. The predicted octanol–water partition coefficient (Wildman–Crippen LogP) is 4.45. The van der Waals surface area contributed by atoms with Crippen LogP contribution in [0.3, 0.4) is 0 Å². The van der Waals surface area contributed by atoms with Crippen molar-refractivity contribution in [3.05, 3.63) is 70.0 Å². The van der Waals surface area contributed by atoms with Gasteiger partial charge in [0.25, 0.3) is 0 Å². The molecule has 106 valence electrons. The number of halogens is 1. The summed E-state index contributed by atoms with van der Waals surface area (Å²) in [5, 5.41) is 3.51. The number of benzene rings is 2. The Morgan fingerprint density at radius 3 is 2.15 bits per heavy atom. The molecule has 20 heavy (non-hydrogen) atoms. The molecule has 2 rings (SSSR count). The molecule has 0 fully saturated rings. The molecule has 0 bridgehead atoms. The van der Waals surface area contributed by atoms with Crippen LogP contribution in [0.15, 0.2) is 36.4 Å². The fourth-order valence-corrected chi connectivity index (χ4v) is 2.67. The standard InChI is InChI=1S/C18H22FN/c1-5-20-18(16-9-7-6-8-12(16)2)15-10-13(3)17(19)14(4)11-15/h6-11,18,20H,5H2,1-4H3. The molecule has 0 aliphatic carbocycles. The van der Waals surface area contributed by atoms with Crippen molar-refractivity contribution in [2.75, 3.05) is 6.54 Å². The summed E-state index contributed by atoms with van der Waals surface area (Å²) < 4.78 is 13.8. The van der Waals surface area contributed by atoms with E-state index in [1.165, 1.54) is 11.1 Å². The first-order valence-electron chi connectivity index (χ1n) is 7.10. The summed E-state index contributed by atoms with van der Waals surface area (Å²) >= 11 is 0. The van der Waals surface area contributed by atoms with Crippen molar-refractivity contribution in [1.29, 1.82) is 0 Å². The van der Waals surface area contributed by atoms with Gasteiger partial charge in [0.15, 0.2) is 0 Å². The van der Waals surface area contributed by atoms with Crippen molar-refractivity contribution >= 4 is 0 Å². The summed E-state index contributed by atoms with van der Waals surface area (Å²) in [6, 6.07) is 12.3. The van der Waals surface area contributed by atoms with Crippen molar-refractivity contribution < 1.29 is 4.39 Å². The molecule has 1 N–H and O–H groups in total. The van der Waals surface area contributed by atoms with E-state index in [4.69, 9.17) is 0 Å². The highest BCUT2D eigenvalue weighted by Gasteiger charge is 2.16. The molecule has 0 saturated carbocycles. The quantitative estimate of drug-likeness (QED) is 0.866. The second-order valence-corrected chi connectivity index (χ2v) is 5.32. The highest BCUT2D eigenvalue weighted by molar-refractivity contribution is 5.40. The summed E-state index contributed by atoms with van der Waals surface area (Å²) in [7, 11) is 0. The Kier molecular flexibility index (Phi) is 4.56. The third-order valence-corrected chi connectivity index (χ3v) is 3.70. The first kappa shape index (κ1) is 14.7. The summed E-state index contributed by atoms with van der Waals surface area (Å²) in [6.45, 7) is 8.73. The average molecular weight is 271 g/mol. The second kappa shape index (κ2) is 6.19. The molecule has 0 amide bonds. The number of hydrogen-bond acceptors (Lipinski definition) is 1. The molecule has 0 aliphatic heterocycles. The van der Waals surface area contributed by atoms with E-state index in [1.807, 2.05) is 32.0 Å². The summed E-state index contributed by atoms with van der Waals surface area (Å²) in [4.78, 5) is 0. The first-order valence-corrected chi connectivity index (χ1v) is 7.10. The van der Waals surface area contributed by atoms with Gasteiger partial charge in [0, 0.05) is 0 Å². The van der Waals surface area contributed by atoms with Crippen LogP contribution in [0.5, 0.6) is 0 Å². The van der Waals surface area contributed by atoms with Crippen LogP contribution in [0, 0.1) is 26.6 Å². The van der Waals surface area contributed by atoms with Gasteiger partial charge in [0.05, 0.1) is 6.04 Å². The lowest BCUT2D eigenvalue weighted by Crippen LogP contribution is -2.23. The van der Waals surface area contributed by atoms with Crippen LogP contribution in [0.25, 0.3) is 0 Å². The maximum atomic E-state index is 13.8. The minimum Gasteiger partial charge on any atom is -0.307 e. The highest BCUT2D eigenvalue weighted by atomic mass is 19.1. The number of aryl methyl sites for hydroxylation is 3. The average Bonchev–Trinajstić information content (AvgIpc) is 2.43.